The molecule has 0 aromatic heterocycles. The van der Waals surface area contributed by atoms with Crippen molar-refractivity contribution in [2.24, 2.45) is 11.8 Å². The van der Waals surface area contributed by atoms with E-state index in [4.69, 9.17) is 0 Å². The summed E-state index contributed by atoms with van der Waals surface area (Å²) in [6.45, 7) is 17.7. The maximum Gasteiger partial charge on any atom is 0.0279 e. The molecule has 120 valence electrons. The van der Waals surface area contributed by atoms with Crippen molar-refractivity contribution in [1.82, 2.24) is 10.2 Å². The van der Waals surface area contributed by atoms with Gasteiger partial charge in [0.05, 0.1) is 0 Å². The first-order chi connectivity index (χ1) is 9.39. The van der Waals surface area contributed by atoms with Gasteiger partial charge in [0.15, 0.2) is 0 Å². The van der Waals surface area contributed by atoms with Gasteiger partial charge in [0, 0.05) is 36.5 Å². The zero-order valence-electron chi connectivity index (χ0n) is 14.7. The van der Waals surface area contributed by atoms with Gasteiger partial charge in [0.2, 0.25) is 0 Å². The van der Waals surface area contributed by atoms with Crippen LogP contribution in [-0.2, 0) is 0 Å². The van der Waals surface area contributed by atoms with Gasteiger partial charge in [-0.3, -0.25) is 4.90 Å². The topological polar surface area (TPSA) is 15.3 Å². The first-order valence-corrected chi connectivity index (χ1v) is 9.64. The molecule has 0 amide bonds. The van der Waals surface area contributed by atoms with E-state index in [1.807, 2.05) is 0 Å². The molecular formula is C17H36N2S. The van der Waals surface area contributed by atoms with E-state index >= 15 is 0 Å². The lowest BCUT2D eigenvalue weighted by Crippen LogP contribution is -2.61. The predicted molar refractivity (Wildman–Crippen MR) is 93.7 cm³/mol. The minimum atomic E-state index is 0.437. The van der Waals surface area contributed by atoms with Crippen LogP contribution in [0.5, 0.6) is 0 Å². The van der Waals surface area contributed by atoms with Crippen LogP contribution in [0.15, 0.2) is 0 Å². The second-order valence-electron chi connectivity index (χ2n) is 7.09. The Morgan fingerprint density at radius 3 is 2.15 bits per heavy atom. The second kappa shape index (κ2) is 8.05. The summed E-state index contributed by atoms with van der Waals surface area (Å²) >= 11 is 2.07. The van der Waals surface area contributed by atoms with Gasteiger partial charge in [-0.2, -0.15) is 11.8 Å². The molecule has 0 spiro atoms. The van der Waals surface area contributed by atoms with Crippen molar-refractivity contribution in [1.29, 1.82) is 0 Å². The molecule has 2 atom stereocenters. The molecule has 1 N–H and O–H groups in total. The maximum atomic E-state index is 3.77. The van der Waals surface area contributed by atoms with Crippen LogP contribution in [-0.4, -0.2) is 47.6 Å². The summed E-state index contributed by atoms with van der Waals surface area (Å²) in [6.07, 6.45) is 4.83. The number of nitrogens with one attached hydrogen (secondary N) is 1. The zero-order chi connectivity index (χ0) is 15.3. The summed E-state index contributed by atoms with van der Waals surface area (Å²) in [5.41, 5.74) is 0. The Balaban J connectivity index is 2.83. The van der Waals surface area contributed by atoms with Gasteiger partial charge in [-0.25, -0.2) is 0 Å². The Labute approximate surface area is 131 Å². The standard InChI is InChI=1S/C17H36N2S/c1-8-17(9-2,20-7)12-19-11-15(13(3)4)18-10-16(19)14(5)6/h13-16,18H,8-12H2,1-7H3. The van der Waals surface area contributed by atoms with E-state index in [9.17, 15) is 0 Å². The molecule has 1 fully saturated rings. The molecule has 1 aliphatic heterocycles. The largest absolute Gasteiger partial charge is 0.311 e. The highest BCUT2D eigenvalue weighted by Gasteiger charge is 2.36. The third-order valence-corrected chi connectivity index (χ3v) is 6.85. The Hall–Kier alpha value is 0.270. The highest BCUT2D eigenvalue weighted by atomic mass is 32.2. The molecule has 2 unspecified atom stereocenters. The average Bonchev–Trinajstić information content (AvgIpc) is 2.44. The van der Waals surface area contributed by atoms with Crippen molar-refractivity contribution in [2.75, 3.05) is 25.9 Å². The first kappa shape index (κ1) is 18.3. The van der Waals surface area contributed by atoms with Crippen molar-refractivity contribution >= 4 is 11.8 Å². The van der Waals surface area contributed by atoms with E-state index in [0.29, 0.717) is 16.8 Å². The lowest BCUT2D eigenvalue weighted by Gasteiger charge is -2.47. The number of piperazine rings is 1. The first-order valence-electron chi connectivity index (χ1n) is 8.41. The molecule has 1 heterocycles. The second-order valence-corrected chi connectivity index (χ2v) is 8.37. The Kier molecular flexibility index (Phi) is 7.37. The molecular weight excluding hydrogens is 264 g/mol. The third-order valence-electron chi connectivity index (χ3n) is 5.28. The van der Waals surface area contributed by atoms with E-state index in [2.05, 4.69) is 69.8 Å². The van der Waals surface area contributed by atoms with Crippen LogP contribution in [0.3, 0.4) is 0 Å². The molecule has 1 rings (SSSR count). The number of rotatable bonds is 7. The van der Waals surface area contributed by atoms with Crippen molar-refractivity contribution in [2.45, 2.75) is 71.2 Å². The fourth-order valence-electron chi connectivity index (χ4n) is 3.34. The predicted octanol–water partition coefficient (Wildman–Crippen LogP) is 3.86. The van der Waals surface area contributed by atoms with E-state index in [1.54, 1.807) is 0 Å². The smallest absolute Gasteiger partial charge is 0.0279 e. The fraction of sp³-hybridized carbons (Fsp3) is 1.00. The van der Waals surface area contributed by atoms with Gasteiger partial charge < -0.3 is 5.32 Å². The number of hydrogen-bond acceptors (Lipinski definition) is 3. The summed E-state index contributed by atoms with van der Waals surface area (Å²) in [6, 6.07) is 1.34. The Bertz CT molecular complexity index is 266. The van der Waals surface area contributed by atoms with Gasteiger partial charge in [-0.15, -0.1) is 0 Å². The molecule has 1 saturated heterocycles. The van der Waals surface area contributed by atoms with Gasteiger partial charge in [-0.05, 0) is 30.9 Å². The monoisotopic (exact) mass is 300 g/mol. The normalized spacial score (nSPS) is 25.6. The Morgan fingerprint density at radius 2 is 1.75 bits per heavy atom. The summed E-state index contributed by atoms with van der Waals surface area (Å²) in [7, 11) is 0. The molecule has 0 aromatic rings. The summed E-state index contributed by atoms with van der Waals surface area (Å²) in [5, 5.41) is 3.77. The summed E-state index contributed by atoms with van der Waals surface area (Å²) in [5.74, 6) is 1.45. The van der Waals surface area contributed by atoms with Crippen LogP contribution in [0.1, 0.15) is 54.4 Å². The van der Waals surface area contributed by atoms with E-state index in [1.165, 1.54) is 25.9 Å². The van der Waals surface area contributed by atoms with E-state index < -0.39 is 0 Å². The molecule has 0 bridgehead atoms. The van der Waals surface area contributed by atoms with Crippen molar-refractivity contribution in [3.63, 3.8) is 0 Å². The van der Waals surface area contributed by atoms with Gasteiger partial charge in [-0.1, -0.05) is 41.5 Å². The highest BCUT2D eigenvalue weighted by Crippen LogP contribution is 2.33. The Morgan fingerprint density at radius 1 is 1.15 bits per heavy atom. The minimum Gasteiger partial charge on any atom is -0.311 e. The van der Waals surface area contributed by atoms with Gasteiger partial charge in [0.1, 0.15) is 0 Å². The van der Waals surface area contributed by atoms with E-state index in [0.717, 1.165) is 18.4 Å². The average molecular weight is 301 g/mol. The molecule has 2 nitrogen and oxygen atoms in total. The van der Waals surface area contributed by atoms with Crippen LogP contribution >= 0.6 is 11.8 Å². The van der Waals surface area contributed by atoms with Crippen LogP contribution in [0.2, 0.25) is 0 Å². The molecule has 1 aliphatic rings. The molecule has 0 saturated carbocycles. The zero-order valence-corrected chi connectivity index (χ0v) is 15.5. The third kappa shape index (κ3) is 4.38. The fourth-order valence-corrected chi connectivity index (χ4v) is 4.21. The van der Waals surface area contributed by atoms with Crippen LogP contribution in [0.25, 0.3) is 0 Å². The van der Waals surface area contributed by atoms with Crippen molar-refractivity contribution < 1.29 is 0 Å². The van der Waals surface area contributed by atoms with Crippen LogP contribution in [0, 0.1) is 11.8 Å². The van der Waals surface area contributed by atoms with E-state index in [-0.39, 0.29) is 0 Å². The lowest BCUT2D eigenvalue weighted by atomic mass is 9.91. The molecule has 0 aliphatic carbocycles. The number of thioether (sulfide) groups is 1. The number of hydrogen-bond donors (Lipinski definition) is 1. The van der Waals surface area contributed by atoms with Crippen LogP contribution in [0.4, 0.5) is 0 Å². The van der Waals surface area contributed by atoms with Gasteiger partial charge >= 0.3 is 0 Å². The number of nitrogens with zero attached hydrogens (tertiary/aromatic N) is 1. The highest BCUT2D eigenvalue weighted by molar-refractivity contribution is 8.00. The molecule has 3 heteroatoms. The van der Waals surface area contributed by atoms with Gasteiger partial charge in [0.25, 0.3) is 0 Å². The molecule has 0 aromatic carbocycles. The summed E-state index contributed by atoms with van der Waals surface area (Å²) in [4.78, 5) is 2.79. The van der Waals surface area contributed by atoms with Crippen LogP contribution < -0.4 is 5.32 Å². The quantitative estimate of drug-likeness (QED) is 0.768. The summed E-state index contributed by atoms with van der Waals surface area (Å²) < 4.78 is 0.437. The maximum absolute atomic E-state index is 3.77. The van der Waals surface area contributed by atoms with Crippen molar-refractivity contribution in [3.8, 4) is 0 Å². The molecule has 0 radical (unpaired) electrons. The minimum absolute atomic E-state index is 0.437. The SMILES string of the molecule is CCC(CC)(CN1CC(C(C)C)NCC1C(C)C)SC. The van der Waals surface area contributed by atoms with Crippen molar-refractivity contribution in [3.05, 3.63) is 0 Å². The lowest BCUT2D eigenvalue weighted by molar-refractivity contribution is 0.0742. The molecule has 20 heavy (non-hydrogen) atoms.